The van der Waals surface area contributed by atoms with Gasteiger partial charge >= 0.3 is 4.87 Å². The van der Waals surface area contributed by atoms with Gasteiger partial charge in [0.2, 0.25) is 5.88 Å². The molecule has 1 aliphatic rings. The van der Waals surface area contributed by atoms with Crippen LogP contribution in [-0.2, 0) is 6.54 Å². The van der Waals surface area contributed by atoms with Crippen LogP contribution in [-0.4, -0.2) is 15.4 Å². The molecule has 1 aromatic heterocycles. The van der Waals surface area contributed by atoms with Crippen molar-refractivity contribution in [2.45, 2.75) is 13.5 Å². The zero-order valence-electron chi connectivity index (χ0n) is 13.6. The van der Waals surface area contributed by atoms with Crippen molar-refractivity contribution in [1.82, 2.24) is 4.57 Å². The number of hydrogen-bond acceptors (Lipinski definition) is 4. The molecule has 0 spiro atoms. The standard InChI is InChI=1S/C20H16N2O2S/c1-13-16(15-9-5-6-10-17(15)21-13)11-18-19(23)22(20(24)25-18)12-14-7-3-2-4-8-14/h2-11,23H,12H2,1H3/b16-11-. The van der Waals surface area contributed by atoms with E-state index in [1.807, 2.05) is 67.6 Å². The van der Waals surface area contributed by atoms with Gasteiger partial charge < -0.3 is 5.11 Å². The third kappa shape index (κ3) is 2.83. The Balaban J connectivity index is 1.75. The number of aromatic nitrogens is 1. The fraction of sp³-hybridized carbons (Fsp3) is 0.100. The molecule has 0 bridgehead atoms. The number of thiazole rings is 1. The quantitative estimate of drug-likeness (QED) is 0.767. The van der Waals surface area contributed by atoms with E-state index < -0.39 is 0 Å². The van der Waals surface area contributed by atoms with E-state index in [0.717, 1.165) is 39.4 Å². The van der Waals surface area contributed by atoms with E-state index in [1.165, 1.54) is 4.57 Å². The molecule has 0 aliphatic carbocycles. The van der Waals surface area contributed by atoms with Crippen LogP contribution in [0.1, 0.15) is 22.9 Å². The molecule has 5 heteroatoms. The van der Waals surface area contributed by atoms with Crippen molar-refractivity contribution >= 4 is 34.4 Å². The molecule has 4 nitrogen and oxygen atoms in total. The van der Waals surface area contributed by atoms with Gasteiger partial charge in [0.15, 0.2) is 0 Å². The Hall–Kier alpha value is -2.92. The van der Waals surface area contributed by atoms with Crippen molar-refractivity contribution in [3.63, 3.8) is 0 Å². The van der Waals surface area contributed by atoms with Gasteiger partial charge in [0.05, 0.1) is 17.1 Å². The number of benzene rings is 2. The Labute approximate surface area is 149 Å². The minimum Gasteiger partial charge on any atom is -0.493 e. The monoisotopic (exact) mass is 348 g/mol. The van der Waals surface area contributed by atoms with Crippen LogP contribution in [0.2, 0.25) is 0 Å². The van der Waals surface area contributed by atoms with Gasteiger partial charge in [0.1, 0.15) is 0 Å². The maximum absolute atomic E-state index is 12.3. The summed E-state index contributed by atoms with van der Waals surface area (Å²) in [6.07, 6.45) is 1.85. The molecular formula is C20H16N2O2S. The first-order valence-corrected chi connectivity index (χ1v) is 8.78. The Bertz CT molecular complexity index is 1060. The highest BCUT2D eigenvalue weighted by Crippen LogP contribution is 2.37. The van der Waals surface area contributed by atoms with Crippen molar-refractivity contribution in [3.05, 3.63) is 80.3 Å². The Morgan fingerprint density at radius 2 is 1.84 bits per heavy atom. The van der Waals surface area contributed by atoms with Gasteiger partial charge in [-0.2, -0.15) is 0 Å². The van der Waals surface area contributed by atoms with Crippen molar-refractivity contribution in [2.24, 2.45) is 4.99 Å². The van der Waals surface area contributed by atoms with Crippen molar-refractivity contribution in [1.29, 1.82) is 0 Å². The number of aromatic hydroxyl groups is 1. The first-order chi connectivity index (χ1) is 12.1. The van der Waals surface area contributed by atoms with Crippen LogP contribution in [0.3, 0.4) is 0 Å². The van der Waals surface area contributed by atoms with Crippen LogP contribution < -0.4 is 4.87 Å². The fourth-order valence-electron chi connectivity index (χ4n) is 2.96. The third-order valence-electron chi connectivity index (χ3n) is 4.22. The Morgan fingerprint density at radius 3 is 2.64 bits per heavy atom. The summed E-state index contributed by atoms with van der Waals surface area (Å²) < 4.78 is 1.40. The van der Waals surface area contributed by atoms with E-state index in [-0.39, 0.29) is 10.8 Å². The normalized spacial score (nSPS) is 14.6. The number of nitrogens with zero attached hydrogens (tertiary/aromatic N) is 2. The van der Waals surface area contributed by atoms with Crippen LogP contribution in [0.5, 0.6) is 5.88 Å². The predicted octanol–water partition coefficient (Wildman–Crippen LogP) is 4.31. The average Bonchev–Trinajstić information content (AvgIpc) is 3.07. The van der Waals surface area contributed by atoms with E-state index in [0.29, 0.717) is 11.4 Å². The predicted molar refractivity (Wildman–Crippen MR) is 103 cm³/mol. The number of fused-ring (bicyclic) bond motifs is 1. The van der Waals surface area contributed by atoms with Gasteiger partial charge in [-0.25, -0.2) is 0 Å². The summed E-state index contributed by atoms with van der Waals surface area (Å²) in [4.78, 5) is 17.3. The molecule has 0 saturated carbocycles. The van der Waals surface area contributed by atoms with Crippen LogP contribution in [0.25, 0.3) is 11.6 Å². The summed E-state index contributed by atoms with van der Waals surface area (Å²) in [5, 5.41) is 10.6. The first kappa shape index (κ1) is 15.6. The molecule has 4 rings (SSSR count). The zero-order chi connectivity index (χ0) is 17.4. The molecule has 0 unspecified atom stereocenters. The summed E-state index contributed by atoms with van der Waals surface area (Å²) >= 11 is 1.05. The molecule has 124 valence electrons. The molecule has 3 aromatic rings. The largest absolute Gasteiger partial charge is 0.493 e. The van der Waals surface area contributed by atoms with E-state index in [4.69, 9.17) is 0 Å². The van der Waals surface area contributed by atoms with Crippen LogP contribution >= 0.6 is 11.3 Å². The lowest BCUT2D eigenvalue weighted by Crippen LogP contribution is -2.13. The van der Waals surface area contributed by atoms with Crippen molar-refractivity contribution in [2.75, 3.05) is 0 Å². The number of rotatable bonds is 3. The van der Waals surface area contributed by atoms with Gasteiger partial charge in [-0.05, 0) is 24.6 Å². The maximum Gasteiger partial charge on any atom is 0.310 e. The van der Waals surface area contributed by atoms with Crippen LogP contribution in [0.4, 0.5) is 5.69 Å². The summed E-state index contributed by atoms with van der Waals surface area (Å²) in [6.45, 7) is 2.29. The number of hydrogen-bond donors (Lipinski definition) is 1. The SMILES string of the molecule is CC1=Nc2ccccc2/C1=C\c1sc(=O)n(Cc2ccccc2)c1O. The molecule has 0 fully saturated rings. The minimum absolute atomic E-state index is 0.00327. The zero-order valence-corrected chi connectivity index (χ0v) is 14.5. The summed E-state index contributed by atoms with van der Waals surface area (Å²) in [6, 6.07) is 17.5. The molecule has 0 saturated heterocycles. The van der Waals surface area contributed by atoms with Gasteiger partial charge in [0, 0.05) is 16.8 Å². The number of para-hydroxylation sites is 1. The lowest BCUT2D eigenvalue weighted by atomic mass is 10.0. The summed E-state index contributed by atoms with van der Waals surface area (Å²) in [7, 11) is 0. The summed E-state index contributed by atoms with van der Waals surface area (Å²) in [5.41, 5.74) is 4.74. The highest BCUT2D eigenvalue weighted by Gasteiger charge is 2.19. The molecule has 2 aromatic carbocycles. The lowest BCUT2D eigenvalue weighted by Gasteiger charge is -2.04. The third-order valence-corrected chi connectivity index (χ3v) is 5.14. The Kier molecular flexibility index (Phi) is 3.86. The lowest BCUT2D eigenvalue weighted by molar-refractivity contribution is 0.420. The van der Waals surface area contributed by atoms with Gasteiger partial charge in [0.25, 0.3) is 0 Å². The molecule has 25 heavy (non-hydrogen) atoms. The molecule has 1 aliphatic heterocycles. The Morgan fingerprint density at radius 1 is 1.12 bits per heavy atom. The fourth-order valence-corrected chi connectivity index (χ4v) is 3.79. The topological polar surface area (TPSA) is 54.6 Å². The molecule has 0 amide bonds. The summed E-state index contributed by atoms with van der Waals surface area (Å²) in [5.74, 6) is 0.00327. The molecule has 2 heterocycles. The second kappa shape index (κ2) is 6.18. The van der Waals surface area contributed by atoms with Gasteiger partial charge in [-0.1, -0.05) is 59.9 Å². The van der Waals surface area contributed by atoms with Gasteiger partial charge in [-0.15, -0.1) is 0 Å². The van der Waals surface area contributed by atoms with Crippen LogP contribution in [0.15, 0.2) is 64.4 Å². The van der Waals surface area contributed by atoms with E-state index >= 15 is 0 Å². The highest BCUT2D eigenvalue weighted by atomic mass is 32.1. The molecule has 1 N–H and O–H groups in total. The van der Waals surface area contributed by atoms with E-state index in [1.54, 1.807) is 0 Å². The van der Waals surface area contributed by atoms with Gasteiger partial charge in [-0.3, -0.25) is 14.4 Å². The number of aliphatic imine (C=N–C) groups is 1. The molecule has 0 radical (unpaired) electrons. The minimum atomic E-state index is -0.172. The number of allylic oxidation sites excluding steroid dienone is 1. The molecular weight excluding hydrogens is 332 g/mol. The second-order valence-electron chi connectivity index (χ2n) is 5.90. The van der Waals surface area contributed by atoms with E-state index in [9.17, 15) is 9.90 Å². The smallest absolute Gasteiger partial charge is 0.310 e. The maximum atomic E-state index is 12.3. The first-order valence-electron chi connectivity index (χ1n) is 7.97. The van der Waals surface area contributed by atoms with E-state index in [2.05, 4.69) is 4.99 Å². The van der Waals surface area contributed by atoms with Crippen molar-refractivity contribution in [3.8, 4) is 5.88 Å². The average molecular weight is 348 g/mol. The second-order valence-corrected chi connectivity index (χ2v) is 6.89. The molecule has 0 atom stereocenters. The highest BCUT2D eigenvalue weighted by molar-refractivity contribution is 7.10. The van der Waals surface area contributed by atoms with Crippen LogP contribution in [0, 0.1) is 0 Å². The van der Waals surface area contributed by atoms with Crippen molar-refractivity contribution < 1.29 is 5.11 Å².